The van der Waals surface area contributed by atoms with E-state index >= 15 is 0 Å². The van der Waals surface area contributed by atoms with Crippen LogP contribution in [0.5, 0.6) is 0 Å². The lowest BCUT2D eigenvalue weighted by Crippen LogP contribution is -2.15. The first-order chi connectivity index (χ1) is 13.7. The van der Waals surface area contributed by atoms with Gasteiger partial charge >= 0.3 is 0 Å². The Kier molecular flexibility index (Phi) is 4.33. The van der Waals surface area contributed by atoms with E-state index in [0.29, 0.717) is 25.6 Å². The van der Waals surface area contributed by atoms with Crippen molar-refractivity contribution in [2.24, 2.45) is 15.9 Å². The number of nitrogens with zero attached hydrogens (tertiary/aromatic N) is 5. The quantitative estimate of drug-likeness (QED) is 0.735. The van der Waals surface area contributed by atoms with Crippen molar-refractivity contribution in [3.63, 3.8) is 0 Å². The molecule has 4 heterocycles. The molecule has 0 bridgehead atoms. The Balaban J connectivity index is 1.29. The van der Waals surface area contributed by atoms with Crippen LogP contribution >= 0.6 is 11.6 Å². The molecule has 2 aromatic heterocycles. The van der Waals surface area contributed by atoms with Crippen molar-refractivity contribution in [2.45, 2.75) is 19.1 Å². The summed E-state index contributed by atoms with van der Waals surface area (Å²) in [6.07, 6.45) is 2.67. The van der Waals surface area contributed by atoms with Crippen LogP contribution in [0.3, 0.4) is 0 Å². The highest BCUT2D eigenvalue weighted by atomic mass is 35.5. The van der Waals surface area contributed by atoms with Gasteiger partial charge in [0.05, 0.1) is 31.5 Å². The lowest BCUT2D eigenvalue weighted by atomic mass is 10.00. The average molecular weight is 395 g/mol. The molecular formula is C20H19ClN6O. The molecule has 0 amide bonds. The minimum Gasteiger partial charge on any atom is -0.373 e. The highest BCUT2D eigenvalue weighted by Crippen LogP contribution is 2.34. The third-order valence-corrected chi connectivity index (χ3v) is 5.43. The first-order valence-corrected chi connectivity index (χ1v) is 9.60. The Morgan fingerprint density at radius 3 is 2.93 bits per heavy atom. The fraction of sp³-hybridized carbons (Fsp3) is 0.300. The zero-order chi connectivity index (χ0) is 19.1. The summed E-state index contributed by atoms with van der Waals surface area (Å²) in [5.41, 5.74) is 9.72. The summed E-state index contributed by atoms with van der Waals surface area (Å²) in [7, 11) is 0. The molecule has 0 aliphatic carbocycles. The van der Waals surface area contributed by atoms with Crippen LogP contribution in [0.25, 0.3) is 11.2 Å². The van der Waals surface area contributed by atoms with Crippen LogP contribution in [-0.2, 0) is 11.3 Å². The van der Waals surface area contributed by atoms with Crippen LogP contribution in [0.4, 0.5) is 5.95 Å². The van der Waals surface area contributed by atoms with Crippen molar-refractivity contribution < 1.29 is 4.74 Å². The lowest BCUT2D eigenvalue weighted by molar-refractivity contribution is 0.110. The van der Waals surface area contributed by atoms with Gasteiger partial charge in [0.1, 0.15) is 11.4 Å². The van der Waals surface area contributed by atoms with Crippen LogP contribution in [0.1, 0.15) is 18.1 Å². The zero-order valence-electron chi connectivity index (χ0n) is 15.1. The topological polar surface area (TPSA) is 90.7 Å². The Hall–Kier alpha value is -2.77. The predicted molar refractivity (Wildman–Crippen MR) is 110 cm³/mol. The largest absolute Gasteiger partial charge is 0.373 e. The monoisotopic (exact) mass is 394 g/mol. The van der Waals surface area contributed by atoms with Crippen molar-refractivity contribution in [1.82, 2.24) is 14.5 Å². The number of ether oxygens (including phenoxy) is 1. The Morgan fingerprint density at radius 1 is 1.21 bits per heavy atom. The maximum Gasteiger partial charge on any atom is 0.202 e. The van der Waals surface area contributed by atoms with Gasteiger partial charge in [0.15, 0.2) is 5.65 Å². The molecule has 0 unspecified atom stereocenters. The molecule has 5 rings (SSSR count). The summed E-state index contributed by atoms with van der Waals surface area (Å²) in [4.78, 5) is 18.2. The van der Waals surface area contributed by atoms with Gasteiger partial charge in [0, 0.05) is 17.1 Å². The molecular weight excluding hydrogens is 376 g/mol. The summed E-state index contributed by atoms with van der Waals surface area (Å²) in [5.74, 6) is 1.51. The Labute approximate surface area is 166 Å². The summed E-state index contributed by atoms with van der Waals surface area (Å²) < 4.78 is 7.87. The second kappa shape index (κ2) is 7.00. The third-order valence-electron chi connectivity index (χ3n) is 5.17. The minimum absolute atomic E-state index is 0.0571. The number of anilines is 1. The van der Waals surface area contributed by atoms with Gasteiger partial charge in [-0.2, -0.15) is 0 Å². The summed E-state index contributed by atoms with van der Waals surface area (Å²) in [5, 5.41) is 0.730. The number of imidazole rings is 1. The summed E-state index contributed by atoms with van der Waals surface area (Å²) in [6, 6.07) is 11.6. The van der Waals surface area contributed by atoms with E-state index in [1.165, 1.54) is 0 Å². The number of hydrogen-bond acceptors (Lipinski definition) is 6. The molecule has 1 fully saturated rings. The Bertz CT molecular complexity index is 1090. The van der Waals surface area contributed by atoms with Gasteiger partial charge in [0.2, 0.25) is 5.95 Å². The number of amidine groups is 1. The molecule has 2 aliphatic heterocycles. The molecule has 2 aliphatic rings. The SMILES string of the molecule is Nc1nc2cccnc2n1CC1=NC([C@@H]2CO[C@@H](c3ccc(Cl)cc3)C2)=NC1. The highest BCUT2D eigenvalue weighted by Gasteiger charge is 2.32. The van der Waals surface area contributed by atoms with Crippen LogP contribution in [0.2, 0.25) is 5.02 Å². The summed E-state index contributed by atoms with van der Waals surface area (Å²) >= 11 is 5.97. The van der Waals surface area contributed by atoms with E-state index in [1.807, 2.05) is 41.0 Å². The van der Waals surface area contributed by atoms with Gasteiger partial charge in [-0.15, -0.1) is 0 Å². The van der Waals surface area contributed by atoms with Crippen molar-refractivity contribution in [2.75, 3.05) is 18.9 Å². The molecule has 1 aromatic carbocycles. The van der Waals surface area contributed by atoms with E-state index in [9.17, 15) is 0 Å². The van der Waals surface area contributed by atoms with Gasteiger partial charge in [-0.1, -0.05) is 23.7 Å². The number of rotatable bonds is 4. The van der Waals surface area contributed by atoms with Crippen molar-refractivity contribution >= 4 is 40.3 Å². The maximum atomic E-state index is 6.07. The van der Waals surface area contributed by atoms with Crippen LogP contribution in [0.15, 0.2) is 52.6 Å². The van der Waals surface area contributed by atoms with E-state index < -0.39 is 0 Å². The number of nitrogen functional groups attached to an aromatic ring is 1. The minimum atomic E-state index is 0.0571. The number of hydrogen-bond donors (Lipinski definition) is 1. The van der Waals surface area contributed by atoms with Crippen LogP contribution in [0, 0.1) is 5.92 Å². The molecule has 0 radical (unpaired) electrons. The molecule has 1 saturated heterocycles. The normalized spacial score (nSPS) is 21.9. The smallest absolute Gasteiger partial charge is 0.202 e. The highest BCUT2D eigenvalue weighted by molar-refractivity contribution is 6.30. The van der Waals surface area contributed by atoms with E-state index in [1.54, 1.807) is 6.20 Å². The second-order valence-corrected chi connectivity index (χ2v) is 7.50. The average Bonchev–Trinajstić information content (AvgIpc) is 3.42. The molecule has 2 N–H and O–H groups in total. The number of pyridine rings is 1. The fourth-order valence-corrected chi connectivity index (χ4v) is 3.87. The van der Waals surface area contributed by atoms with Gasteiger partial charge in [-0.25, -0.2) is 15.0 Å². The number of aliphatic imine (C=N–C) groups is 2. The first kappa shape index (κ1) is 17.3. The van der Waals surface area contributed by atoms with Gasteiger partial charge in [0.25, 0.3) is 0 Å². The van der Waals surface area contributed by atoms with E-state index in [2.05, 4.69) is 15.0 Å². The lowest BCUT2D eigenvalue weighted by Gasteiger charge is -2.09. The van der Waals surface area contributed by atoms with Crippen LogP contribution < -0.4 is 5.73 Å². The molecule has 0 spiro atoms. The molecule has 28 heavy (non-hydrogen) atoms. The maximum absolute atomic E-state index is 6.07. The number of aromatic nitrogens is 3. The molecule has 0 saturated carbocycles. The summed E-state index contributed by atoms with van der Waals surface area (Å²) in [6.45, 7) is 1.74. The van der Waals surface area contributed by atoms with E-state index in [-0.39, 0.29) is 12.0 Å². The molecule has 8 heteroatoms. The number of nitrogens with two attached hydrogens (primary N) is 1. The molecule has 142 valence electrons. The molecule has 2 atom stereocenters. The van der Waals surface area contributed by atoms with Crippen molar-refractivity contribution in [3.05, 3.63) is 53.2 Å². The fourth-order valence-electron chi connectivity index (χ4n) is 3.74. The van der Waals surface area contributed by atoms with Crippen molar-refractivity contribution in [1.29, 1.82) is 0 Å². The van der Waals surface area contributed by atoms with E-state index in [0.717, 1.165) is 39.7 Å². The van der Waals surface area contributed by atoms with Gasteiger partial charge in [-0.05, 0) is 36.2 Å². The van der Waals surface area contributed by atoms with Crippen molar-refractivity contribution in [3.8, 4) is 0 Å². The predicted octanol–water partition coefficient (Wildman–Crippen LogP) is 3.30. The number of fused-ring (bicyclic) bond motifs is 1. The first-order valence-electron chi connectivity index (χ1n) is 9.22. The standard InChI is InChI=1S/C20H19ClN6O/c21-14-5-3-12(4-6-14)17-8-13(11-28-17)18-24-9-15(25-18)10-27-19-16(26-20(27)22)2-1-7-23-19/h1-7,13,17H,8-11H2,(H2,22,26)/t13-,17+/m0/s1. The van der Waals surface area contributed by atoms with Crippen LogP contribution in [-0.4, -0.2) is 39.2 Å². The van der Waals surface area contributed by atoms with E-state index in [4.69, 9.17) is 27.1 Å². The molecule has 3 aromatic rings. The number of benzene rings is 1. The molecule has 7 nitrogen and oxygen atoms in total. The van der Waals surface area contributed by atoms with Gasteiger partial charge in [-0.3, -0.25) is 9.56 Å². The third kappa shape index (κ3) is 3.16. The Morgan fingerprint density at radius 2 is 2.07 bits per heavy atom. The van der Waals surface area contributed by atoms with Gasteiger partial charge < -0.3 is 10.5 Å². The second-order valence-electron chi connectivity index (χ2n) is 7.06. The zero-order valence-corrected chi connectivity index (χ0v) is 15.9. The number of halogens is 1.